The molecule has 6 heteroatoms. The zero-order valence-electron chi connectivity index (χ0n) is 53.9. The number of esters is 3. The van der Waals surface area contributed by atoms with E-state index < -0.39 is 6.10 Å². The van der Waals surface area contributed by atoms with Crippen LogP contribution in [-0.4, -0.2) is 37.2 Å². The van der Waals surface area contributed by atoms with Crippen LogP contribution in [0, 0.1) is 0 Å². The topological polar surface area (TPSA) is 78.9 Å². The van der Waals surface area contributed by atoms with Crippen molar-refractivity contribution in [2.24, 2.45) is 0 Å². The van der Waals surface area contributed by atoms with E-state index in [4.69, 9.17) is 14.2 Å². The van der Waals surface area contributed by atoms with Gasteiger partial charge in [0.15, 0.2) is 6.10 Å². The predicted octanol–water partition coefficient (Wildman–Crippen LogP) is 23.9. The Morgan fingerprint density at radius 1 is 0.253 bits per heavy atom. The molecule has 0 spiro atoms. The first-order chi connectivity index (χ1) is 41.0. The highest BCUT2D eigenvalue weighted by atomic mass is 16.6. The van der Waals surface area contributed by atoms with Gasteiger partial charge in [0.05, 0.1) is 0 Å². The van der Waals surface area contributed by atoms with E-state index in [2.05, 4.69) is 167 Å². The second-order valence-corrected chi connectivity index (χ2v) is 22.4. The molecule has 1 unspecified atom stereocenters. The Balaban J connectivity index is 4.28. The molecular formula is C77H126O6. The highest BCUT2D eigenvalue weighted by Crippen LogP contribution is 2.15. The van der Waals surface area contributed by atoms with Gasteiger partial charge in [-0.25, -0.2) is 0 Å². The van der Waals surface area contributed by atoms with Crippen molar-refractivity contribution >= 4 is 17.9 Å². The Kier molecular flexibility index (Phi) is 65.8. The van der Waals surface area contributed by atoms with Gasteiger partial charge in [-0.1, -0.05) is 301 Å². The minimum absolute atomic E-state index is 0.0896. The predicted molar refractivity (Wildman–Crippen MR) is 362 cm³/mol. The summed E-state index contributed by atoms with van der Waals surface area (Å²) in [5, 5.41) is 0. The zero-order chi connectivity index (χ0) is 59.9. The van der Waals surface area contributed by atoms with E-state index in [0.29, 0.717) is 19.3 Å². The highest BCUT2D eigenvalue weighted by molar-refractivity contribution is 5.71. The van der Waals surface area contributed by atoms with E-state index in [-0.39, 0.29) is 31.1 Å². The molecule has 0 N–H and O–H groups in total. The first-order valence-electron chi connectivity index (χ1n) is 34.3. The summed E-state index contributed by atoms with van der Waals surface area (Å²) in [4.78, 5) is 38.3. The molecule has 0 saturated carbocycles. The van der Waals surface area contributed by atoms with Crippen LogP contribution >= 0.6 is 0 Å². The molecule has 83 heavy (non-hydrogen) atoms. The van der Waals surface area contributed by atoms with Gasteiger partial charge in [0.1, 0.15) is 13.2 Å². The third kappa shape index (κ3) is 68.0. The lowest BCUT2D eigenvalue weighted by atomic mass is 10.1. The molecule has 0 aliphatic carbocycles. The van der Waals surface area contributed by atoms with Crippen molar-refractivity contribution in [2.45, 2.75) is 309 Å². The highest BCUT2D eigenvalue weighted by Gasteiger charge is 2.19. The van der Waals surface area contributed by atoms with E-state index in [0.717, 1.165) is 154 Å². The molecule has 0 radical (unpaired) electrons. The molecule has 0 aliphatic heterocycles. The van der Waals surface area contributed by atoms with Gasteiger partial charge in [-0.05, 0) is 128 Å². The maximum atomic E-state index is 12.9. The maximum absolute atomic E-state index is 12.9. The molecule has 0 bridgehead atoms. The number of carbonyl (C=O) groups excluding carboxylic acids is 3. The van der Waals surface area contributed by atoms with Crippen molar-refractivity contribution in [3.63, 3.8) is 0 Å². The van der Waals surface area contributed by atoms with Crippen LogP contribution in [0.2, 0.25) is 0 Å². The molecule has 0 aromatic heterocycles. The standard InChI is InChI=1S/C77H126O6/c1-4-7-10-13-16-19-21-23-25-27-29-31-33-34-35-36-37-38-39-40-41-42-44-45-47-49-51-53-55-58-61-64-67-70-76(79)82-73-74(72-81-75(78)69-66-63-60-57-18-15-12-9-6-3)83-77(80)71-68-65-62-59-56-54-52-50-48-46-43-32-30-28-26-24-22-20-17-14-11-8-5-2/h7,10,16,19,22-25,28-31,34-35,37-38,40-41,43-46,49,51,74H,4-6,8-9,11-15,17-18,20-21,26-27,32-33,36,39,42,47-48,50,52-73H2,1-3H3/b10-7-,19-16-,24-22-,25-23-,30-28-,31-29-,35-34-,38-37-,41-40-,45-44-,46-43-,51-49-. The maximum Gasteiger partial charge on any atom is 0.306 e. The van der Waals surface area contributed by atoms with Gasteiger partial charge in [0.2, 0.25) is 0 Å². The second kappa shape index (κ2) is 69.8. The van der Waals surface area contributed by atoms with Gasteiger partial charge in [-0.3, -0.25) is 14.4 Å². The number of carbonyl (C=O) groups is 3. The summed E-state index contributed by atoms with van der Waals surface area (Å²) in [6.45, 7) is 6.48. The molecule has 0 aliphatic rings. The Morgan fingerprint density at radius 3 is 0.735 bits per heavy atom. The van der Waals surface area contributed by atoms with Crippen molar-refractivity contribution in [1.82, 2.24) is 0 Å². The van der Waals surface area contributed by atoms with Crippen molar-refractivity contribution < 1.29 is 28.6 Å². The van der Waals surface area contributed by atoms with Crippen LogP contribution in [0.3, 0.4) is 0 Å². The van der Waals surface area contributed by atoms with Gasteiger partial charge >= 0.3 is 17.9 Å². The number of unbranched alkanes of at least 4 members (excludes halogenated alkanes) is 26. The van der Waals surface area contributed by atoms with Crippen LogP contribution in [0.15, 0.2) is 146 Å². The summed E-state index contributed by atoms with van der Waals surface area (Å²) >= 11 is 0. The molecule has 1 atom stereocenters. The fraction of sp³-hybridized carbons (Fsp3) is 0.649. The third-order valence-corrected chi connectivity index (χ3v) is 14.3. The van der Waals surface area contributed by atoms with Crippen LogP contribution in [0.25, 0.3) is 0 Å². The summed E-state index contributed by atoms with van der Waals surface area (Å²) in [6.07, 6.45) is 100. The summed E-state index contributed by atoms with van der Waals surface area (Å²) in [7, 11) is 0. The van der Waals surface area contributed by atoms with E-state index in [1.165, 1.54) is 109 Å². The molecule has 0 saturated heterocycles. The van der Waals surface area contributed by atoms with Crippen molar-refractivity contribution in [1.29, 1.82) is 0 Å². The average Bonchev–Trinajstić information content (AvgIpc) is 3.49. The Labute approximate surface area is 512 Å². The zero-order valence-corrected chi connectivity index (χ0v) is 53.9. The smallest absolute Gasteiger partial charge is 0.306 e. The number of hydrogen-bond acceptors (Lipinski definition) is 6. The van der Waals surface area contributed by atoms with Crippen molar-refractivity contribution in [3.8, 4) is 0 Å². The Morgan fingerprint density at radius 2 is 0.470 bits per heavy atom. The molecule has 0 rings (SSSR count). The van der Waals surface area contributed by atoms with Crippen molar-refractivity contribution in [3.05, 3.63) is 146 Å². The second-order valence-electron chi connectivity index (χ2n) is 22.4. The third-order valence-electron chi connectivity index (χ3n) is 14.3. The summed E-state index contributed by atoms with van der Waals surface area (Å²) in [5.41, 5.74) is 0. The molecule has 0 aromatic carbocycles. The van der Waals surface area contributed by atoms with Gasteiger partial charge in [-0.15, -0.1) is 0 Å². The fourth-order valence-electron chi connectivity index (χ4n) is 9.21. The van der Waals surface area contributed by atoms with E-state index in [9.17, 15) is 14.4 Å². The van der Waals surface area contributed by atoms with Crippen molar-refractivity contribution in [2.75, 3.05) is 13.2 Å². The Hall–Kier alpha value is -4.71. The molecule has 0 heterocycles. The normalized spacial score (nSPS) is 13.0. The first kappa shape index (κ1) is 78.3. The van der Waals surface area contributed by atoms with Gasteiger partial charge in [0, 0.05) is 19.3 Å². The van der Waals surface area contributed by atoms with Gasteiger partial charge < -0.3 is 14.2 Å². The van der Waals surface area contributed by atoms with E-state index in [1.54, 1.807) is 0 Å². The fourth-order valence-corrected chi connectivity index (χ4v) is 9.21. The van der Waals surface area contributed by atoms with Crippen LogP contribution < -0.4 is 0 Å². The quantitative estimate of drug-likeness (QED) is 0.0261. The number of allylic oxidation sites excluding steroid dienone is 24. The van der Waals surface area contributed by atoms with Crippen LogP contribution in [0.1, 0.15) is 303 Å². The minimum atomic E-state index is -0.795. The SMILES string of the molecule is CC/C=C\C/C=C\C/C=C\C/C=C\C/C=C\C/C=C\C/C=C\C/C=C\C/C=C\CCCCCCCC(=O)OCC(COC(=O)CCCCCCCCCCC)OC(=O)CCCCCCCCCC/C=C\C/C=C\C/C=C\CCCCCCC. The number of rotatable bonds is 61. The van der Waals surface area contributed by atoms with E-state index >= 15 is 0 Å². The van der Waals surface area contributed by atoms with Crippen LogP contribution in [0.4, 0.5) is 0 Å². The largest absolute Gasteiger partial charge is 0.462 e. The molecule has 470 valence electrons. The number of ether oxygens (including phenoxy) is 3. The van der Waals surface area contributed by atoms with Gasteiger partial charge in [-0.2, -0.15) is 0 Å². The monoisotopic (exact) mass is 1150 g/mol. The molecule has 0 fully saturated rings. The lowest BCUT2D eigenvalue weighted by Crippen LogP contribution is -2.30. The lowest BCUT2D eigenvalue weighted by Gasteiger charge is -2.18. The van der Waals surface area contributed by atoms with Crippen LogP contribution in [-0.2, 0) is 28.6 Å². The Bertz CT molecular complexity index is 1800. The summed E-state index contributed by atoms with van der Waals surface area (Å²) in [6, 6.07) is 0. The minimum Gasteiger partial charge on any atom is -0.462 e. The summed E-state index contributed by atoms with van der Waals surface area (Å²) in [5.74, 6) is -0.917. The lowest BCUT2D eigenvalue weighted by molar-refractivity contribution is -0.167. The number of hydrogen-bond donors (Lipinski definition) is 0. The van der Waals surface area contributed by atoms with E-state index in [1.807, 2.05) is 0 Å². The first-order valence-corrected chi connectivity index (χ1v) is 34.3. The van der Waals surface area contributed by atoms with Gasteiger partial charge in [0.25, 0.3) is 0 Å². The molecule has 0 aromatic rings. The van der Waals surface area contributed by atoms with Crippen LogP contribution in [0.5, 0.6) is 0 Å². The molecule has 6 nitrogen and oxygen atoms in total. The molecular weight excluding hydrogens is 1020 g/mol. The average molecular weight is 1150 g/mol. The summed E-state index contributed by atoms with van der Waals surface area (Å²) < 4.78 is 16.9. The molecule has 0 amide bonds.